The number of hydrogen-bond acceptors (Lipinski definition) is 5. The topological polar surface area (TPSA) is 60.0 Å². The van der Waals surface area contributed by atoms with Crippen LogP contribution in [-0.4, -0.2) is 43.7 Å². The Morgan fingerprint density at radius 2 is 1.70 bits per heavy atom. The quantitative estimate of drug-likeness (QED) is 0.640. The van der Waals surface area contributed by atoms with Gasteiger partial charge in [0.25, 0.3) is 0 Å². The molecule has 6 heteroatoms. The van der Waals surface area contributed by atoms with E-state index in [1.807, 2.05) is 90.8 Å². The lowest BCUT2D eigenvalue weighted by atomic mass is 10.2. The first-order valence-corrected chi connectivity index (χ1v) is 9.86. The van der Waals surface area contributed by atoms with Crippen molar-refractivity contribution in [3.05, 3.63) is 78.9 Å². The van der Waals surface area contributed by atoms with Gasteiger partial charge in [-0.05, 0) is 43.4 Å². The maximum atomic E-state index is 12.6. The Labute approximate surface area is 176 Å². The molecule has 3 aromatic carbocycles. The van der Waals surface area contributed by atoms with Gasteiger partial charge in [-0.1, -0.05) is 42.5 Å². The number of nitrogens with zero attached hydrogens (tertiary/aromatic N) is 1. The zero-order chi connectivity index (χ0) is 20.8. The molecule has 154 valence electrons. The highest BCUT2D eigenvalue weighted by Crippen LogP contribution is 2.31. The molecule has 30 heavy (non-hydrogen) atoms. The molecule has 0 aromatic heterocycles. The monoisotopic (exact) mass is 404 g/mol. The third-order valence-corrected chi connectivity index (χ3v) is 4.63. The summed E-state index contributed by atoms with van der Waals surface area (Å²) in [5.41, 5.74) is 0.630. The van der Waals surface area contributed by atoms with Crippen LogP contribution in [0.5, 0.6) is 23.0 Å². The molecule has 1 N–H and O–H groups in total. The van der Waals surface area contributed by atoms with Crippen LogP contribution in [0, 0.1) is 0 Å². The minimum atomic E-state index is -0.133. The summed E-state index contributed by atoms with van der Waals surface area (Å²) < 4.78 is 17.6. The second kappa shape index (κ2) is 9.33. The first-order chi connectivity index (χ1) is 14.7. The number of carbonyl (C=O) groups excluding carboxylic acids is 1. The van der Waals surface area contributed by atoms with Gasteiger partial charge in [0.15, 0.2) is 17.2 Å². The molecule has 1 aliphatic rings. The molecule has 0 spiro atoms. The Balaban J connectivity index is 1.32. The summed E-state index contributed by atoms with van der Waals surface area (Å²) in [6.45, 7) is 1.25. The summed E-state index contributed by atoms with van der Waals surface area (Å²) in [5, 5.41) is 2.94. The summed E-state index contributed by atoms with van der Waals surface area (Å²) in [7, 11) is 1.88. The number of hydrogen-bond donors (Lipinski definition) is 1. The highest BCUT2D eigenvalue weighted by atomic mass is 16.6. The van der Waals surface area contributed by atoms with Gasteiger partial charge < -0.3 is 19.5 Å². The van der Waals surface area contributed by atoms with E-state index in [0.717, 1.165) is 11.5 Å². The number of nitrogens with one attached hydrogen (secondary N) is 1. The second-order valence-electron chi connectivity index (χ2n) is 7.15. The number of likely N-dealkylation sites (N-methyl/N-ethyl adjacent to an activating group) is 1. The normalized spacial score (nSPS) is 14.9. The number of benzene rings is 3. The van der Waals surface area contributed by atoms with E-state index in [9.17, 15) is 4.79 Å². The molecule has 1 heterocycles. The van der Waals surface area contributed by atoms with E-state index in [-0.39, 0.29) is 18.6 Å². The third kappa shape index (κ3) is 5.10. The molecule has 1 unspecified atom stereocenters. The van der Waals surface area contributed by atoms with Crippen molar-refractivity contribution >= 4 is 11.6 Å². The van der Waals surface area contributed by atoms with E-state index in [4.69, 9.17) is 14.2 Å². The number of para-hydroxylation sites is 5. The van der Waals surface area contributed by atoms with Crippen LogP contribution in [0.15, 0.2) is 78.9 Å². The summed E-state index contributed by atoms with van der Waals surface area (Å²) in [5.74, 6) is 2.67. The van der Waals surface area contributed by atoms with E-state index in [1.54, 1.807) is 0 Å². The molecule has 0 saturated heterocycles. The van der Waals surface area contributed by atoms with E-state index in [0.29, 0.717) is 30.3 Å². The van der Waals surface area contributed by atoms with Gasteiger partial charge in [-0.25, -0.2) is 0 Å². The average molecular weight is 404 g/mol. The summed E-state index contributed by atoms with van der Waals surface area (Å²) in [4.78, 5) is 14.5. The van der Waals surface area contributed by atoms with Gasteiger partial charge in [-0.2, -0.15) is 0 Å². The highest BCUT2D eigenvalue weighted by molar-refractivity contribution is 5.93. The number of ether oxygens (including phenoxy) is 3. The van der Waals surface area contributed by atoms with Crippen LogP contribution < -0.4 is 19.5 Å². The van der Waals surface area contributed by atoms with E-state index in [1.165, 1.54) is 0 Å². The van der Waals surface area contributed by atoms with Crippen molar-refractivity contribution in [3.8, 4) is 23.0 Å². The number of fused-ring (bicyclic) bond motifs is 1. The minimum absolute atomic E-state index is 0.126. The standard InChI is InChI=1S/C24H24N2O4/c1-26(15-19-17-28-22-13-7-8-14-23(22)30-19)16-24(27)25-20-11-5-6-12-21(20)29-18-9-3-2-4-10-18/h2-14,19H,15-17H2,1H3,(H,25,27). The van der Waals surface area contributed by atoms with Crippen molar-refractivity contribution in [2.24, 2.45) is 0 Å². The maximum Gasteiger partial charge on any atom is 0.238 e. The lowest BCUT2D eigenvalue weighted by Gasteiger charge is -2.29. The molecule has 3 aromatic rings. The Kier molecular flexibility index (Phi) is 6.15. The first-order valence-electron chi connectivity index (χ1n) is 9.86. The first kappa shape index (κ1) is 19.8. The second-order valence-corrected chi connectivity index (χ2v) is 7.15. The van der Waals surface area contributed by atoms with Crippen LogP contribution in [0.2, 0.25) is 0 Å². The minimum Gasteiger partial charge on any atom is -0.486 e. The van der Waals surface area contributed by atoms with Gasteiger partial charge in [0.1, 0.15) is 18.5 Å². The molecule has 4 rings (SSSR count). The highest BCUT2D eigenvalue weighted by Gasteiger charge is 2.22. The van der Waals surface area contributed by atoms with Gasteiger partial charge >= 0.3 is 0 Å². The van der Waals surface area contributed by atoms with Crippen molar-refractivity contribution in [2.75, 3.05) is 32.1 Å². The van der Waals surface area contributed by atoms with Crippen LogP contribution in [0.1, 0.15) is 0 Å². The van der Waals surface area contributed by atoms with Gasteiger partial charge in [0, 0.05) is 6.54 Å². The summed E-state index contributed by atoms with van der Waals surface area (Å²) in [6.07, 6.45) is -0.133. The van der Waals surface area contributed by atoms with E-state index < -0.39 is 0 Å². The fourth-order valence-corrected chi connectivity index (χ4v) is 3.27. The Bertz CT molecular complexity index is 993. The Morgan fingerprint density at radius 1 is 1.00 bits per heavy atom. The molecule has 0 saturated carbocycles. The molecule has 1 atom stereocenters. The van der Waals surface area contributed by atoms with Gasteiger partial charge in [0.05, 0.1) is 12.2 Å². The largest absolute Gasteiger partial charge is 0.486 e. The van der Waals surface area contributed by atoms with Gasteiger partial charge in [0.2, 0.25) is 5.91 Å². The van der Waals surface area contributed by atoms with Gasteiger partial charge in [-0.3, -0.25) is 9.69 Å². The van der Waals surface area contributed by atoms with Crippen molar-refractivity contribution in [1.29, 1.82) is 0 Å². The molecular weight excluding hydrogens is 380 g/mol. The average Bonchev–Trinajstić information content (AvgIpc) is 2.75. The number of anilines is 1. The van der Waals surface area contributed by atoms with Crippen LogP contribution >= 0.6 is 0 Å². The number of amides is 1. The molecular formula is C24H24N2O4. The van der Waals surface area contributed by atoms with E-state index in [2.05, 4.69) is 5.32 Å². The predicted octanol–water partition coefficient (Wildman–Crippen LogP) is 4.19. The zero-order valence-corrected chi connectivity index (χ0v) is 16.8. The fraction of sp³-hybridized carbons (Fsp3) is 0.208. The molecule has 6 nitrogen and oxygen atoms in total. The smallest absolute Gasteiger partial charge is 0.238 e. The predicted molar refractivity (Wildman–Crippen MR) is 115 cm³/mol. The molecule has 0 fully saturated rings. The molecule has 0 radical (unpaired) electrons. The SMILES string of the molecule is CN(CC(=O)Nc1ccccc1Oc1ccccc1)CC1COc2ccccc2O1. The summed E-state index contributed by atoms with van der Waals surface area (Å²) >= 11 is 0. The van der Waals surface area contributed by atoms with E-state index >= 15 is 0 Å². The molecule has 0 aliphatic carbocycles. The van der Waals surface area contributed by atoms with Crippen molar-refractivity contribution in [3.63, 3.8) is 0 Å². The number of rotatable bonds is 7. The maximum absolute atomic E-state index is 12.6. The van der Waals surface area contributed by atoms with Crippen LogP contribution in [0.25, 0.3) is 0 Å². The van der Waals surface area contributed by atoms with Crippen LogP contribution in [0.3, 0.4) is 0 Å². The summed E-state index contributed by atoms with van der Waals surface area (Å²) in [6, 6.07) is 24.5. The lowest BCUT2D eigenvalue weighted by molar-refractivity contribution is -0.117. The van der Waals surface area contributed by atoms with Crippen molar-refractivity contribution in [1.82, 2.24) is 4.90 Å². The number of carbonyl (C=O) groups is 1. The molecule has 1 aliphatic heterocycles. The third-order valence-electron chi connectivity index (χ3n) is 4.63. The Hall–Kier alpha value is -3.51. The molecule has 0 bridgehead atoms. The van der Waals surface area contributed by atoms with Gasteiger partial charge in [-0.15, -0.1) is 0 Å². The Morgan fingerprint density at radius 3 is 2.53 bits per heavy atom. The lowest BCUT2D eigenvalue weighted by Crippen LogP contribution is -2.42. The van der Waals surface area contributed by atoms with Crippen LogP contribution in [-0.2, 0) is 4.79 Å². The molecule has 1 amide bonds. The van der Waals surface area contributed by atoms with Crippen LogP contribution in [0.4, 0.5) is 5.69 Å². The zero-order valence-electron chi connectivity index (χ0n) is 16.8. The van der Waals surface area contributed by atoms with Crippen molar-refractivity contribution < 1.29 is 19.0 Å². The van der Waals surface area contributed by atoms with Crippen molar-refractivity contribution in [2.45, 2.75) is 6.10 Å². The fourth-order valence-electron chi connectivity index (χ4n) is 3.27.